The Morgan fingerprint density at radius 1 is 1.29 bits per heavy atom. The van der Waals surface area contributed by atoms with Gasteiger partial charge in [-0.1, -0.05) is 5.16 Å². The fourth-order valence-corrected chi connectivity index (χ4v) is 1.27. The first kappa shape index (κ1) is 16.6. The maximum Gasteiger partial charge on any atom is 0.573 e. The number of rotatable bonds is 4. The molecular formula is C12H14F3N3O3. The summed E-state index contributed by atoms with van der Waals surface area (Å²) < 4.78 is 39.7. The third kappa shape index (κ3) is 4.55. The van der Waals surface area contributed by atoms with Crippen LogP contribution in [0.15, 0.2) is 29.4 Å². The molecule has 1 aromatic rings. The van der Waals surface area contributed by atoms with Crippen LogP contribution in [0.2, 0.25) is 0 Å². The zero-order chi connectivity index (χ0) is 16.3. The molecule has 0 spiro atoms. The van der Waals surface area contributed by atoms with Crippen molar-refractivity contribution >= 4 is 17.4 Å². The normalized spacial score (nSPS) is 12.9. The van der Waals surface area contributed by atoms with E-state index in [0.717, 1.165) is 12.1 Å². The standard InChI is InChI=1S/C12H14F3N3O3/c1-11(2,9(16)18-20)10(19)17-7-3-5-8(6-4-7)21-12(13,14)15/h3-6,20H,1-2H3,(H2,16,18)(H,17,19). The van der Waals surface area contributed by atoms with Crippen LogP contribution in [0.4, 0.5) is 18.9 Å². The Morgan fingerprint density at radius 3 is 2.24 bits per heavy atom. The molecule has 0 aliphatic rings. The van der Waals surface area contributed by atoms with E-state index in [1.54, 1.807) is 0 Å². The summed E-state index contributed by atoms with van der Waals surface area (Å²) in [6.07, 6.45) is -4.78. The number of carbonyl (C=O) groups excluding carboxylic acids is 1. The zero-order valence-corrected chi connectivity index (χ0v) is 11.2. The Labute approximate surface area is 118 Å². The van der Waals surface area contributed by atoms with Crippen LogP contribution in [0.3, 0.4) is 0 Å². The number of benzene rings is 1. The summed E-state index contributed by atoms with van der Waals surface area (Å²) in [5, 5.41) is 13.8. The maximum atomic E-state index is 12.0. The van der Waals surface area contributed by atoms with E-state index in [9.17, 15) is 18.0 Å². The Morgan fingerprint density at radius 2 is 1.81 bits per heavy atom. The smallest absolute Gasteiger partial charge is 0.409 e. The number of anilines is 1. The van der Waals surface area contributed by atoms with Crippen molar-refractivity contribution in [3.05, 3.63) is 24.3 Å². The van der Waals surface area contributed by atoms with Gasteiger partial charge in [0.15, 0.2) is 5.84 Å². The molecule has 1 amide bonds. The van der Waals surface area contributed by atoms with E-state index in [1.165, 1.54) is 26.0 Å². The van der Waals surface area contributed by atoms with Gasteiger partial charge in [0.05, 0.1) is 0 Å². The molecular weight excluding hydrogens is 291 g/mol. The number of nitrogens with zero attached hydrogens (tertiary/aromatic N) is 1. The zero-order valence-electron chi connectivity index (χ0n) is 11.2. The number of oxime groups is 1. The van der Waals surface area contributed by atoms with Crippen LogP contribution in [0.1, 0.15) is 13.8 Å². The van der Waals surface area contributed by atoms with Gasteiger partial charge in [-0.25, -0.2) is 0 Å². The number of halogens is 3. The molecule has 0 radical (unpaired) electrons. The second kappa shape index (κ2) is 5.90. The van der Waals surface area contributed by atoms with Crippen LogP contribution in [0, 0.1) is 5.41 Å². The summed E-state index contributed by atoms with van der Waals surface area (Å²) in [6.45, 7) is 2.86. The second-order valence-electron chi connectivity index (χ2n) is 4.64. The lowest BCUT2D eigenvalue weighted by atomic mass is 9.91. The molecule has 0 unspecified atom stereocenters. The Hall–Kier alpha value is -2.45. The Balaban J connectivity index is 2.79. The number of hydrogen-bond acceptors (Lipinski definition) is 4. The fourth-order valence-electron chi connectivity index (χ4n) is 1.27. The number of carbonyl (C=O) groups is 1. The highest BCUT2D eigenvalue weighted by Crippen LogP contribution is 2.25. The highest BCUT2D eigenvalue weighted by molar-refractivity contribution is 6.11. The average Bonchev–Trinajstić information content (AvgIpc) is 2.38. The van der Waals surface area contributed by atoms with Crippen LogP contribution < -0.4 is 15.8 Å². The maximum absolute atomic E-state index is 12.0. The van der Waals surface area contributed by atoms with E-state index >= 15 is 0 Å². The molecule has 9 heteroatoms. The molecule has 0 aliphatic heterocycles. The van der Waals surface area contributed by atoms with Crippen molar-refractivity contribution in [3.63, 3.8) is 0 Å². The van der Waals surface area contributed by atoms with Gasteiger partial charge in [-0.3, -0.25) is 4.79 Å². The van der Waals surface area contributed by atoms with Crippen LogP contribution in [-0.4, -0.2) is 23.3 Å². The first-order valence-electron chi connectivity index (χ1n) is 5.71. The average molecular weight is 305 g/mol. The van der Waals surface area contributed by atoms with E-state index in [4.69, 9.17) is 10.9 Å². The second-order valence-corrected chi connectivity index (χ2v) is 4.64. The monoisotopic (exact) mass is 305 g/mol. The SMILES string of the molecule is CC(C)(C(=O)Nc1ccc(OC(F)(F)F)cc1)C(N)=NO. The molecule has 116 valence electrons. The summed E-state index contributed by atoms with van der Waals surface area (Å²) in [4.78, 5) is 12.0. The molecule has 0 aromatic heterocycles. The first-order valence-corrected chi connectivity index (χ1v) is 5.71. The minimum absolute atomic E-state index is 0.244. The number of hydrogen-bond donors (Lipinski definition) is 3. The molecule has 0 fully saturated rings. The third-order valence-corrected chi connectivity index (χ3v) is 2.66. The summed E-state index contributed by atoms with van der Waals surface area (Å²) in [5.74, 6) is -1.28. The van der Waals surface area contributed by atoms with Crippen LogP contribution in [-0.2, 0) is 4.79 Å². The molecule has 0 heterocycles. The lowest BCUT2D eigenvalue weighted by molar-refractivity contribution is -0.274. The first-order chi connectivity index (χ1) is 9.56. The quantitative estimate of drug-likeness (QED) is 0.344. The Bertz CT molecular complexity index is 539. The van der Waals surface area contributed by atoms with Crippen molar-refractivity contribution in [3.8, 4) is 5.75 Å². The lowest BCUT2D eigenvalue weighted by Crippen LogP contribution is -2.42. The van der Waals surface area contributed by atoms with Gasteiger partial charge in [0.25, 0.3) is 0 Å². The minimum Gasteiger partial charge on any atom is -0.409 e. The van der Waals surface area contributed by atoms with Crippen LogP contribution in [0.5, 0.6) is 5.75 Å². The predicted octanol–water partition coefficient (Wildman–Crippen LogP) is 2.30. The van der Waals surface area contributed by atoms with Gasteiger partial charge < -0.3 is 21.0 Å². The molecule has 0 atom stereocenters. The summed E-state index contributed by atoms with van der Waals surface area (Å²) in [6, 6.07) is 4.59. The van der Waals surface area contributed by atoms with Gasteiger partial charge in [0, 0.05) is 5.69 Å². The van der Waals surface area contributed by atoms with E-state index in [0.29, 0.717) is 0 Å². The number of amidine groups is 1. The van der Waals surface area contributed by atoms with Gasteiger partial charge in [0.1, 0.15) is 11.2 Å². The molecule has 0 saturated heterocycles. The van der Waals surface area contributed by atoms with Gasteiger partial charge >= 0.3 is 6.36 Å². The van der Waals surface area contributed by atoms with Crippen molar-refractivity contribution < 1.29 is 27.9 Å². The minimum atomic E-state index is -4.78. The van der Waals surface area contributed by atoms with Gasteiger partial charge in [-0.2, -0.15) is 0 Å². The molecule has 21 heavy (non-hydrogen) atoms. The van der Waals surface area contributed by atoms with Crippen molar-refractivity contribution in [1.29, 1.82) is 0 Å². The number of ether oxygens (including phenoxy) is 1. The molecule has 4 N–H and O–H groups in total. The largest absolute Gasteiger partial charge is 0.573 e. The molecule has 0 saturated carbocycles. The van der Waals surface area contributed by atoms with Gasteiger partial charge in [0.2, 0.25) is 5.91 Å². The molecule has 0 aliphatic carbocycles. The van der Waals surface area contributed by atoms with E-state index < -0.39 is 23.4 Å². The van der Waals surface area contributed by atoms with Crippen molar-refractivity contribution in [1.82, 2.24) is 0 Å². The van der Waals surface area contributed by atoms with Crippen molar-refractivity contribution in [2.75, 3.05) is 5.32 Å². The van der Waals surface area contributed by atoms with Gasteiger partial charge in [-0.15, -0.1) is 13.2 Å². The fraction of sp³-hybridized carbons (Fsp3) is 0.333. The molecule has 0 bridgehead atoms. The van der Waals surface area contributed by atoms with Crippen LogP contribution in [0.25, 0.3) is 0 Å². The highest BCUT2D eigenvalue weighted by atomic mass is 19.4. The Kier molecular flexibility index (Phi) is 4.66. The number of nitrogens with one attached hydrogen (secondary N) is 1. The molecule has 6 nitrogen and oxygen atoms in total. The molecule has 1 rings (SSSR count). The van der Waals surface area contributed by atoms with E-state index in [1.807, 2.05) is 0 Å². The summed E-state index contributed by atoms with van der Waals surface area (Å²) in [5.41, 5.74) is 4.35. The number of nitrogens with two attached hydrogens (primary N) is 1. The van der Waals surface area contributed by atoms with E-state index in [2.05, 4.69) is 15.2 Å². The van der Waals surface area contributed by atoms with Gasteiger partial charge in [-0.05, 0) is 38.1 Å². The number of amides is 1. The number of alkyl halides is 3. The van der Waals surface area contributed by atoms with E-state index in [-0.39, 0.29) is 11.5 Å². The third-order valence-electron chi connectivity index (χ3n) is 2.66. The lowest BCUT2D eigenvalue weighted by Gasteiger charge is -2.21. The van der Waals surface area contributed by atoms with Crippen LogP contribution >= 0.6 is 0 Å². The topological polar surface area (TPSA) is 96.9 Å². The highest BCUT2D eigenvalue weighted by Gasteiger charge is 2.33. The van der Waals surface area contributed by atoms with Crippen molar-refractivity contribution in [2.24, 2.45) is 16.3 Å². The van der Waals surface area contributed by atoms with Crippen molar-refractivity contribution in [2.45, 2.75) is 20.2 Å². The summed E-state index contributed by atoms with van der Waals surface area (Å²) in [7, 11) is 0. The molecule has 1 aromatic carbocycles. The summed E-state index contributed by atoms with van der Waals surface area (Å²) >= 11 is 0. The predicted molar refractivity (Wildman–Crippen MR) is 68.9 cm³/mol.